The lowest BCUT2D eigenvalue weighted by Gasteiger charge is -2.18. The van der Waals surface area contributed by atoms with Gasteiger partial charge in [0.25, 0.3) is 0 Å². The molecule has 0 aliphatic carbocycles. The molecule has 2 aromatic rings. The number of ether oxygens (including phenoxy) is 1. The van der Waals surface area contributed by atoms with E-state index in [1.54, 1.807) is 19.2 Å². The summed E-state index contributed by atoms with van der Waals surface area (Å²) < 4.78 is 19.2. The number of halogens is 2. The van der Waals surface area contributed by atoms with E-state index in [1.165, 1.54) is 6.07 Å². The Labute approximate surface area is 128 Å². The lowest BCUT2D eigenvalue weighted by molar-refractivity contribution is 0.404. The van der Waals surface area contributed by atoms with Crippen LogP contribution in [0.4, 0.5) is 4.39 Å². The first kappa shape index (κ1) is 15.8. The van der Waals surface area contributed by atoms with E-state index in [0.717, 1.165) is 11.3 Å². The van der Waals surface area contributed by atoms with Crippen LogP contribution in [-0.4, -0.2) is 13.2 Å². The molecule has 0 heterocycles. The summed E-state index contributed by atoms with van der Waals surface area (Å²) in [6, 6.07) is 12.3. The number of hydrogen-bond donors (Lipinski definition) is 2. The van der Waals surface area contributed by atoms with Crippen molar-refractivity contribution in [3.63, 3.8) is 0 Å². The molecule has 0 radical (unpaired) electrons. The molecule has 0 aliphatic rings. The van der Waals surface area contributed by atoms with Gasteiger partial charge in [-0.25, -0.2) is 4.39 Å². The summed E-state index contributed by atoms with van der Waals surface area (Å²) in [6.45, 7) is 0. The van der Waals surface area contributed by atoms with Gasteiger partial charge in [0.2, 0.25) is 0 Å². The second-order valence-corrected chi connectivity index (χ2v) is 5.26. The Hall–Kier alpha value is -1.62. The van der Waals surface area contributed by atoms with E-state index in [4.69, 9.17) is 22.2 Å². The van der Waals surface area contributed by atoms with Gasteiger partial charge < -0.3 is 4.74 Å². The maximum atomic E-state index is 13.9. The van der Waals surface area contributed by atoms with Crippen molar-refractivity contribution >= 4 is 11.6 Å². The molecule has 2 aromatic carbocycles. The minimum Gasteiger partial charge on any atom is -0.496 e. The average Bonchev–Trinajstić information content (AvgIpc) is 2.49. The number of hydrogen-bond acceptors (Lipinski definition) is 3. The van der Waals surface area contributed by atoms with Crippen molar-refractivity contribution in [1.82, 2.24) is 5.43 Å². The first-order valence-corrected chi connectivity index (χ1v) is 7.03. The quantitative estimate of drug-likeness (QED) is 0.637. The van der Waals surface area contributed by atoms with E-state index in [9.17, 15) is 4.39 Å². The van der Waals surface area contributed by atoms with Crippen molar-refractivity contribution in [2.75, 3.05) is 7.11 Å². The Bertz CT molecular complexity index is 607. The van der Waals surface area contributed by atoms with Crippen LogP contribution >= 0.6 is 11.6 Å². The van der Waals surface area contributed by atoms with Gasteiger partial charge in [0, 0.05) is 11.1 Å². The zero-order chi connectivity index (χ0) is 15.2. The summed E-state index contributed by atoms with van der Waals surface area (Å²) in [5.41, 5.74) is 4.34. The molecule has 112 valence electrons. The molecule has 0 aliphatic heterocycles. The van der Waals surface area contributed by atoms with E-state index >= 15 is 0 Å². The minimum atomic E-state index is -0.317. The summed E-state index contributed by atoms with van der Waals surface area (Å²) in [5.74, 6) is 6.08. The van der Waals surface area contributed by atoms with Crippen molar-refractivity contribution in [1.29, 1.82) is 0 Å². The van der Waals surface area contributed by atoms with Crippen LogP contribution in [0.2, 0.25) is 5.02 Å². The number of methoxy groups -OCH3 is 1. The first-order valence-electron chi connectivity index (χ1n) is 6.66. The summed E-state index contributed by atoms with van der Waals surface area (Å²) >= 11 is 5.76. The fourth-order valence-electron chi connectivity index (χ4n) is 2.28. The van der Waals surface area contributed by atoms with Crippen LogP contribution in [0.1, 0.15) is 11.1 Å². The van der Waals surface area contributed by atoms with Crippen molar-refractivity contribution in [2.45, 2.75) is 18.9 Å². The summed E-state index contributed by atoms with van der Waals surface area (Å²) in [4.78, 5) is 0. The summed E-state index contributed by atoms with van der Waals surface area (Å²) in [7, 11) is 1.63. The van der Waals surface area contributed by atoms with Crippen LogP contribution in [0.5, 0.6) is 5.75 Å². The highest BCUT2D eigenvalue weighted by atomic mass is 35.5. The van der Waals surface area contributed by atoms with Crippen molar-refractivity contribution < 1.29 is 9.13 Å². The van der Waals surface area contributed by atoms with Crippen molar-refractivity contribution in [3.05, 3.63) is 64.4 Å². The van der Waals surface area contributed by atoms with Gasteiger partial charge in [-0.3, -0.25) is 11.3 Å². The molecule has 2 rings (SSSR count). The SMILES string of the molecule is COc1ccccc1CC(Cc1ccc(Cl)cc1F)NN. The first-order chi connectivity index (χ1) is 10.1. The van der Waals surface area contributed by atoms with Gasteiger partial charge in [-0.15, -0.1) is 0 Å². The van der Waals surface area contributed by atoms with Crippen molar-refractivity contribution in [2.24, 2.45) is 5.84 Å². The molecule has 0 spiro atoms. The van der Waals surface area contributed by atoms with Gasteiger partial charge in [0.1, 0.15) is 11.6 Å². The molecule has 0 fully saturated rings. The average molecular weight is 309 g/mol. The maximum Gasteiger partial charge on any atom is 0.127 e. The van der Waals surface area contributed by atoms with Gasteiger partial charge in [0.05, 0.1) is 7.11 Å². The molecule has 0 saturated heterocycles. The Kier molecular flexibility index (Phi) is 5.56. The zero-order valence-electron chi connectivity index (χ0n) is 11.8. The molecular weight excluding hydrogens is 291 g/mol. The van der Waals surface area contributed by atoms with E-state index in [-0.39, 0.29) is 11.9 Å². The van der Waals surface area contributed by atoms with Gasteiger partial charge in [-0.2, -0.15) is 0 Å². The van der Waals surface area contributed by atoms with Gasteiger partial charge >= 0.3 is 0 Å². The van der Waals surface area contributed by atoms with Gasteiger partial charge in [-0.05, 0) is 42.2 Å². The third-order valence-corrected chi connectivity index (χ3v) is 3.61. The van der Waals surface area contributed by atoms with Gasteiger partial charge in [-0.1, -0.05) is 35.9 Å². The topological polar surface area (TPSA) is 47.3 Å². The van der Waals surface area contributed by atoms with Crippen molar-refractivity contribution in [3.8, 4) is 5.75 Å². The molecule has 3 N–H and O–H groups in total. The number of benzene rings is 2. The highest BCUT2D eigenvalue weighted by molar-refractivity contribution is 6.30. The molecule has 21 heavy (non-hydrogen) atoms. The fourth-order valence-corrected chi connectivity index (χ4v) is 2.44. The maximum absolute atomic E-state index is 13.9. The molecule has 1 atom stereocenters. The third-order valence-electron chi connectivity index (χ3n) is 3.38. The second-order valence-electron chi connectivity index (χ2n) is 4.82. The second kappa shape index (κ2) is 7.41. The molecule has 0 bridgehead atoms. The largest absolute Gasteiger partial charge is 0.496 e. The number of rotatable bonds is 6. The Morgan fingerprint density at radius 1 is 1.19 bits per heavy atom. The van der Waals surface area contributed by atoms with Crippen LogP contribution in [-0.2, 0) is 12.8 Å². The van der Waals surface area contributed by atoms with Gasteiger partial charge in [0.15, 0.2) is 0 Å². The molecule has 5 heteroatoms. The molecule has 0 amide bonds. The number of hydrazine groups is 1. The fraction of sp³-hybridized carbons (Fsp3) is 0.250. The third kappa shape index (κ3) is 4.17. The summed E-state index contributed by atoms with van der Waals surface area (Å²) in [6.07, 6.45) is 1.11. The summed E-state index contributed by atoms with van der Waals surface area (Å²) in [5, 5.41) is 0.387. The van der Waals surface area contributed by atoms with Crippen LogP contribution in [0.15, 0.2) is 42.5 Å². The Balaban J connectivity index is 2.13. The standard InChI is InChI=1S/C16H18ClFN2O/c1-21-16-5-3-2-4-12(16)9-14(20-19)8-11-6-7-13(17)10-15(11)18/h2-7,10,14,20H,8-9,19H2,1H3. The lowest BCUT2D eigenvalue weighted by atomic mass is 9.98. The van der Waals surface area contributed by atoms with E-state index in [0.29, 0.717) is 23.4 Å². The monoisotopic (exact) mass is 308 g/mol. The molecule has 0 saturated carbocycles. The highest BCUT2D eigenvalue weighted by Gasteiger charge is 2.14. The predicted molar refractivity (Wildman–Crippen MR) is 82.9 cm³/mol. The highest BCUT2D eigenvalue weighted by Crippen LogP contribution is 2.21. The number of nitrogens with two attached hydrogens (primary N) is 1. The Morgan fingerprint density at radius 2 is 1.90 bits per heavy atom. The van der Waals surface area contributed by atoms with Crippen LogP contribution in [0.25, 0.3) is 0 Å². The number of para-hydroxylation sites is 1. The van der Waals surface area contributed by atoms with Crippen LogP contribution in [0.3, 0.4) is 0 Å². The number of nitrogens with one attached hydrogen (secondary N) is 1. The smallest absolute Gasteiger partial charge is 0.127 e. The van der Waals surface area contributed by atoms with Crippen LogP contribution < -0.4 is 16.0 Å². The van der Waals surface area contributed by atoms with E-state index in [2.05, 4.69) is 5.43 Å². The lowest BCUT2D eigenvalue weighted by Crippen LogP contribution is -2.38. The molecule has 0 aromatic heterocycles. The minimum absolute atomic E-state index is 0.100. The zero-order valence-corrected chi connectivity index (χ0v) is 12.5. The van der Waals surface area contributed by atoms with E-state index in [1.807, 2.05) is 24.3 Å². The molecule has 3 nitrogen and oxygen atoms in total. The normalized spacial score (nSPS) is 12.2. The Morgan fingerprint density at radius 3 is 2.57 bits per heavy atom. The predicted octanol–water partition coefficient (Wildman–Crippen LogP) is 3.10. The molecule has 1 unspecified atom stereocenters. The molecular formula is C16H18ClFN2O. The van der Waals surface area contributed by atoms with E-state index < -0.39 is 0 Å². The van der Waals surface area contributed by atoms with Crippen LogP contribution in [0, 0.1) is 5.82 Å².